The Morgan fingerprint density at radius 2 is 1.45 bits per heavy atom. The van der Waals surface area contributed by atoms with Crippen LogP contribution in [0.2, 0.25) is 0 Å². The van der Waals surface area contributed by atoms with Crippen molar-refractivity contribution in [3.8, 4) is 0 Å². The number of aliphatic carboxylic acids is 1. The van der Waals surface area contributed by atoms with Gasteiger partial charge in [-0.05, 0) is 37.7 Å². The summed E-state index contributed by atoms with van der Waals surface area (Å²) in [4.78, 5) is 60.2. The summed E-state index contributed by atoms with van der Waals surface area (Å²) >= 11 is 1.47. The molecule has 4 amide bonds. The van der Waals surface area contributed by atoms with Gasteiger partial charge in [0.2, 0.25) is 23.6 Å². The van der Waals surface area contributed by atoms with Crippen LogP contribution < -0.4 is 27.4 Å². The van der Waals surface area contributed by atoms with Gasteiger partial charge in [0.1, 0.15) is 18.1 Å². The van der Waals surface area contributed by atoms with Crippen molar-refractivity contribution in [3.05, 3.63) is 0 Å². The summed E-state index contributed by atoms with van der Waals surface area (Å²) in [6.45, 7) is 4.94. The summed E-state index contributed by atoms with van der Waals surface area (Å²) in [7, 11) is 0. The Kier molecular flexibility index (Phi) is 13.5. The molecule has 0 radical (unpaired) electrons. The highest BCUT2D eigenvalue weighted by atomic mass is 32.2. The second kappa shape index (κ2) is 14.6. The summed E-state index contributed by atoms with van der Waals surface area (Å²) in [5.41, 5.74) is 10.7. The molecule has 0 rings (SSSR count). The highest BCUT2D eigenvalue weighted by Crippen LogP contribution is 2.10. The molecule has 178 valence electrons. The number of rotatable bonds is 15. The summed E-state index contributed by atoms with van der Waals surface area (Å²) in [5.74, 6) is -3.58. The van der Waals surface area contributed by atoms with Crippen LogP contribution in [-0.4, -0.2) is 70.9 Å². The van der Waals surface area contributed by atoms with E-state index in [4.69, 9.17) is 11.5 Å². The van der Waals surface area contributed by atoms with Crippen LogP contribution in [0.15, 0.2) is 0 Å². The van der Waals surface area contributed by atoms with Crippen LogP contribution in [0.4, 0.5) is 0 Å². The first-order chi connectivity index (χ1) is 14.4. The van der Waals surface area contributed by atoms with Gasteiger partial charge < -0.3 is 32.5 Å². The average molecular weight is 462 g/mol. The van der Waals surface area contributed by atoms with Gasteiger partial charge in [-0.2, -0.15) is 11.8 Å². The fraction of sp³-hybridized carbons (Fsp3) is 0.737. The Labute approximate surface area is 186 Å². The number of nitrogens with two attached hydrogens (primary N) is 2. The molecule has 0 bridgehead atoms. The molecule has 12 heteroatoms. The number of carbonyl (C=O) groups is 5. The van der Waals surface area contributed by atoms with Gasteiger partial charge in [-0.1, -0.05) is 20.3 Å². The number of amides is 4. The Morgan fingerprint density at radius 3 is 1.90 bits per heavy atom. The number of carboxylic acid groups (broad SMARTS) is 1. The number of hydrogen-bond acceptors (Lipinski definition) is 7. The molecule has 5 unspecified atom stereocenters. The van der Waals surface area contributed by atoms with Gasteiger partial charge in [0.25, 0.3) is 0 Å². The molecular weight excluding hydrogens is 426 g/mol. The van der Waals surface area contributed by atoms with Crippen molar-refractivity contribution < 1.29 is 29.1 Å². The normalized spacial score (nSPS) is 15.6. The van der Waals surface area contributed by atoms with Crippen molar-refractivity contribution in [2.24, 2.45) is 17.4 Å². The molecule has 0 spiro atoms. The Bertz CT molecular complexity index is 645. The van der Waals surface area contributed by atoms with E-state index in [0.717, 1.165) is 0 Å². The number of carboxylic acids is 1. The van der Waals surface area contributed by atoms with Gasteiger partial charge in [-0.3, -0.25) is 19.2 Å². The minimum atomic E-state index is -1.20. The molecule has 11 nitrogen and oxygen atoms in total. The second-order valence-electron chi connectivity index (χ2n) is 7.41. The van der Waals surface area contributed by atoms with Crippen molar-refractivity contribution in [3.63, 3.8) is 0 Å². The van der Waals surface area contributed by atoms with Gasteiger partial charge in [-0.25, -0.2) is 4.79 Å². The van der Waals surface area contributed by atoms with E-state index in [9.17, 15) is 29.1 Å². The highest BCUT2D eigenvalue weighted by Gasteiger charge is 2.31. The summed E-state index contributed by atoms with van der Waals surface area (Å²) in [5, 5.41) is 16.9. The third-order valence-corrected chi connectivity index (χ3v) is 5.39. The standard InChI is InChI=1S/C19H35N5O6S/c1-5-10(2)15(19(29)30)24-18(28)12(6-7-14(21)25)23-17(27)13(8-9-31-4)22-16(26)11(3)20/h10-13,15H,5-9,20H2,1-4H3,(H2,21,25)(H,22,26)(H,23,27)(H,24,28)(H,29,30). The largest absolute Gasteiger partial charge is 0.480 e. The van der Waals surface area contributed by atoms with E-state index in [-0.39, 0.29) is 18.8 Å². The molecule has 0 saturated carbocycles. The van der Waals surface area contributed by atoms with Crippen molar-refractivity contribution >= 4 is 41.4 Å². The topological polar surface area (TPSA) is 194 Å². The van der Waals surface area contributed by atoms with Crippen LogP contribution in [-0.2, 0) is 24.0 Å². The third-order valence-electron chi connectivity index (χ3n) is 4.75. The molecule has 0 aliphatic carbocycles. The minimum absolute atomic E-state index is 0.115. The molecule has 5 atom stereocenters. The van der Waals surface area contributed by atoms with Crippen molar-refractivity contribution in [2.75, 3.05) is 12.0 Å². The number of nitrogens with one attached hydrogen (secondary N) is 3. The quantitative estimate of drug-likeness (QED) is 0.177. The maximum Gasteiger partial charge on any atom is 0.326 e. The molecular formula is C19H35N5O6S. The zero-order valence-electron chi connectivity index (χ0n) is 18.5. The Morgan fingerprint density at radius 1 is 0.935 bits per heavy atom. The summed E-state index contributed by atoms with van der Waals surface area (Å²) in [6.07, 6.45) is 2.33. The van der Waals surface area contributed by atoms with Crippen molar-refractivity contribution in [1.82, 2.24) is 16.0 Å². The van der Waals surface area contributed by atoms with E-state index in [1.807, 2.05) is 6.26 Å². The van der Waals surface area contributed by atoms with E-state index in [1.165, 1.54) is 18.7 Å². The lowest BCUT2D eigenvalue weighted by atomic mass is 9.98. The predicted octanol–water partition coefficient (Wildman–Crippen LogP) is -1.06. The van der Waals surface area contributed by atoms with Crippen molar-refractivity contribution in [1.29, 1.82) is 0 Å². The Balaban J connectivity index is 5.50. The molecule has 0 aromatic heterocycles. The van der Waals surface area contributed by atoms with Gasteiger partial charge in [0.15, 0.2) is 0 Å². The first-order valence-corrected chi connectivity index (χ1v) is 11.5. The fourth-order valence-electron chi connectivity index (χ4n) is 2.57. The lowest BCUT2D eigenvalue weighted by Gasteiger charge is -2.26. The lowest BCUT2D eigenvalue weighted by Crippen LogP contribution is -2.57. The van der Waals surface area contributed by atoms with E-state index in [2.05, 4.69) is 16.0 Å². The van der Waals surface area contributed by atoms with Gasteiger partial charge in [0, 0.05) is 6.42 Å². The van der Waals surface area contributed by atoms with E-state index in [0.29, 0.717) is 18.6 Å². The predicted molar refractivity (Wildman–Crippen MR) is 118 cm³/mol. The molecule has 0 aliphatic rings. The Hall–Kier alpha value is -2.34. The SMILES string of the molecule is CCC(C)C(NC(=O)C(CCC(N)=O)NC(=O)C(CCSC)NC(=O)C(C)N)C(=O)O. The first kappa shape index (κ1) is 28.7. The number of primary amides is 1. The zero-order valence-corrected chi connectivity index (χ0v) is 19.3. The van der Waals surface area contributed by atoms with Gasteiger partial charge in [-0.15, -0.1) is 0 Å². The average Bonchev–Trinajstić information content (AvgIpc) is 2.70. The second-order valence-corrected chi connectivity index (χ2v) is 8.39. The van der Waals surface area contributed by atoms with Crippen LogP contribution >= 0.6 is 11.8 Å². The molecule has 31 heavy (non-hydrogen) atoms. The van der Waals surface area contributed by atoms with Gasteiger partial charge >= 0.3 is 5.97 Å². The van der Waals surface area contributed by atoms with Crippen LogP contribution in [0.5, 0.6) is 0 Å². The molecule has 0 fully saturated rings. The molecule has 0 heterocycles. The number of hydrogen-bond donors (Lipinski definition) is 6. The first-order valence-electron chi connectivity index (χ1n) is 10.1. The van der Waals surface area contributed by atoms with Crippen LogP contribution in [0, 0.1) is 5.92 Å². The molecule has 0 aromatic rings. The van der Waals surface area contributed by atoms with E-state index >= 15 is 0 Å². The van der Waals surface area contributed by atoms with E-state index in [1.54, 1.807) is 13.8 Å². The molecule has 8 N–H and O–H groups in total. The maximum absolute atomic E-state index is 12.8. The van der Waals surface area contributed by atoms with Crippen LogP contribution in [0.1, 0.15) is 46.5 Å². The molecule has 0 aliphatic heterocycles. The number of carbonyl (C=O) groups excluding carboxylic acids is 4. The smallest absolute Gasteiger partial charge is 0.326 e. The highest BCUT2D eigenvalue weighted by molar-refractivity contribution is 7.98. The molecule has 0 saturated heterocycles. The van der Waals surface area contributed by atoms with Crippen LogP contribution in [0.25, 0.3) is 0 Å². The molecule has 0 aromatic carbocycles. The maximum atomic E-state index is 12.8. The fourth-order valence-corrected chi connectivity index (χ4v) is 3.04. The van der Waals surface area contributed by atoms with E-state index < -0.39 is 53.8 Å². The van der Waals surface area contributed by atoms with Crippen molar-refractivity contribution in [2.45, 2.75) is 70.6 Å². The third kappa shape index (κ3) is 11.0. The summed E-state index contributed by atoms with van der Waals surface area (Å²) in [6, 6.07) is -4.13. The zero-order chi connectivity index (χ0) is 24.1. The van der Waals surface area contributed by atoms with Crippen LogP contribution in [0.3, 0.4) is 0 Å². The monoisotopic (exact) mass is 461 g/mol. The number of thioether (sulfide) groups is 1. The lowest BCUT2D eigenvalue weighted by molar-refractivity contribution is -0.144. The van der Waals surface area contributed by atoms with Gasteiger partial charge in [0.05, 0.1) is 6.04 Å². The summed E-state index contributed by atoms with van der Waals surface area (Å²) < 4.78 is 0. The minimum Gasteiger partial charge on any atom is -0.480 e.